The van der Waals surface area contributed by atoms with Crippen LogP contribution in [0.2, 0.25) is 5.02 Å². The first-order valence-electron chi connectivity index (χ1n) is 8.63. The molecule has 2 aromatic rings. The van der Waals surface area contributed by atoms with E-state index in [4.69, 9.17) is 41.4 Å². The zero-order chi connectivity index (χ0) is 22.5. The van der Waals surface area contributed by atoms with E-state index in [1.54, 1.807) is 0 Å². The van der Waals surface area contributed by atoms with Crippen LogP contribution in [0.3, 0.4) is 0 Å². The Kier molecular flexibility index (Phi) is 10.8. The number of hydrogen-bond acceptors (Lipinski definition) is 5. The highest BCUT2D eigenvalue weighted by Crippen LogP contribution is 2.31. The second-order valence-corrected chi connectivity index (χ2v) is 6.14. The van der Waals surface area contributed by atoms with Crippen molar-refractivity contribution in [3.8, 4) is 11.8 Å². The van der Waals surface area contributed by atoms with E-state index in [0.717, 1.165) is 11.6 Å². The number of hydrogen-bond donors (Lipinski definition) is 3. The first-order valence-corrected chi connectivity index (χ1v) is 9.01. The van der Waals surface area contributed by atoms with Crippen molar-refractivity contribution in [3.05, 3.63) is 64.4 Å². The summed E-state index contributed by atoms with van der Waals surface area (Å²) in [5.41, 5.74) is 0.985. The summed E-state index contributed by atoms with van der Waals surface area (Å²) in [6.45, 7) is 0.372. The molecule has 0 heterocycles. The number of nitrogens with zero attached hydrogens (tertiary/aromatic N) is 1. The van der Waals surface area contributed by atoms with Gasteiger partial charge >= 0.3 is 11.9 Å². The van der Waals surface area contributed by atoms with Crippen LogP contribution in [0.15, 0.2) is 42.5 Å². The zero-order valence-electron chi connectivity index (χ0n) is 15.6. The highest BCUT2D eigenvalue weighted by Gasteiger charge is 2.17. The molecule has 2 aromatic carbocycles. The molecule has 0 saturated carbocycles. The lowest BCUT2D eigenvalue weighted by molar-refractivity contribution is -0.159. The Labute approximate surface area is 176 Å². The normalized spacial score (nSPS) is 10.9. The molecular formula is C20H19ClF2N2O5. The third-order valence-corrected chi connectivity index (χ3v) is 3.91. The van der Waals surface area contributed by atoms with E-state index < -0.39 is 24.4 Å². The number of nitriles is 1. The lowest BCUT2D eigenvalue weighted by atomic mass is 10.1. The van der Waals surface area contributed by atoms with Gasteiger partial charge in [0, 0.05) is 19.0 Å². The van der Waals surface area contributed by atoms with Gasteiger partial charge in [-0.2, -0.15) is 5.26 Å². The van der Waals surface area contributed by atoms with Crippen LogP contribution in [0.4, 0.5) is 8.78 Å². The van der Waals surface area contributed by atoms with E-state index in [1.807, 2.05) is 36.4 Å². The van der Waals surface area contributed by atoms with Crippen molar-refractivity contribution in [1.82, 2.24) is 5.32 Å². The minimum Gasteiger partial charge on any atom is -0.484 e. The summed E-state index contributed by atoms with van der Waals surface area (Å²) < 4.78 is 31.6. The van der Waals surface area contributed by atoms with Crippen molar-refractivity contribution in [1.29, 1.82) is 5.26 Å². The number of ether oxygens (including phenoxy) is 1. The smallest absolute Gasteiger partial charge is 0.414 e. The maximum absolute atomic E-state index is 13.5. The molecule has 0 aliphatic carbocycles. The summed E-state index contributed by atoms with van der Waals surface area (Å²) in [5.74, 6) is -4.09. The fourth-order valence-electron chi connectivity index (χ4n) is 2.25. The van der Waals surface area contributed by atoms with Crippen molar-refractivity contribution in [2.75, 3.05) is 19.8 Å². The minimum absolute atomic E-state index is 0.0783. The molecule has 0 unspecified atom stereocenters. The van der Waals surface area contributed by atoms with Gasteiger partial charge in [-0.15, -0.1) is 0 Å². The van der Waals surface area contributed by atoms with Crippen LogP contribution >= 0.6 is 11.6 Å². The van der Waals surface area contributed by atoms with Crippen molar-refractivity contribution >= 4 is 23.5 Å². The Hall–Kier alpha value is -3.22. The molecule has 1 atom stereocenters. The zero-order valence-corrected chi connectivity index (χ0v) is 16.4. The lowest BCUT2D eigenvalue weighted by Crippen LogP contribution is -2.22. The van der Waals surface area contributed by atoms with Gasteiger partial charge in [0.1, 0.15) is 30.4 Å². The Bertz CT molecular complexity index is 879. The fourth-order valence-corrected chi connectivity index (χ4v) is 2.41. The number of carbonyl (C=O) groups is 2. The quantitative estimate of drug-likeness (QED) is 0.424. The van der Waals surface area contributed by atoms with Crippen molar-refractivity contribution < 1.29 is 33.3 Å². The van der Waals surface area contributed by atoms with Gasteiger partial charge in [0.15, 0.2) is 0 Å². The van der Waals surface area contributed by atoms with Gasteiger partial charge in [-0.25, -0.2) is 18.4 Å². The SMILES string of the molecule is N#Cc1cc(F)c(Cl)cc1O[C@H](CCNCCF)c1ccccc1.O=C(O)C(=O)O. The van der Waals surface area contributed by atoms with E-state index in [9.17, 15) is 8.78 Å². The molecule has 7 nitrogen and oxygen atoms in total. The average Bonchev–Trinajstić information content (AvgIpc) is 2.73. The van der Waals surface area contributed by atoms with Crippen LogP contribution in [0.5, 0.6) is 5.75 Å². The minimum atomic E-state index is -1.82. The molecule has 0 saturated heterocycles. The number of carboxylic acids is 2. The van der Waals surface area contributed by atoms with Crippen molar-refractivity contribution in [2.24, 2.45) is 0 Å². The Morgan fingerprint density at radius 3 is 2.33 bits per heavy atom. The highest BCUT2D eigenvalue weighted by atomic mass is 35.5. The predicted molar refractivity (Wildman–Crippen MR) is 105 cm³/mol. The monoisotopic (exact) mass is 440 g/mol. The average molecular weight is 441 g/mol. The summed E-state index contributed by atoms with van der Waals surface area (Å²) in [5, 5.41) is 26.8. The van der Waals surface area contributed by atoms with Gasteiger partial charge in [0.25, 0.3) is 0 Å². The van der Waals surface area contributed by atoms with Crippen LogP contribution in [-0.4, -0.2) is 41.9 Å². The van der Waals surface area contributed by atoms with Crippen LogP contribution in [0, 0.1) is 17.1 Å². The second kappa shape index (κ2) is 13.1. The van der Waals surface area contributed by atoms with Gasteiger partial charge in [0.2, 0.25) is 0 Å². The number of halogens is 3. The molecule has 0 fully saturated rings. The van der Waals surface area contributed by atoms with Crippen LogP contribution in [-0.2, 0) is 9.59 Å². The molecular weight excluding hydrogens is 422 g/mol. The molecule has 0 aliphatic heterocycles. The first kappa shape index (κ1) is 24.8. The maximum atomic E-state index is 13.5. The van der Waals surface area contributed by atoms with Gasteiger partial charge in [0.05, 0.1) is 10.6 Å². The number of rotatable bonds is 8. The fraction of sp³-hybridized carbons (Fsp3) is 0.250. The van der Waals surface area contributed by atoms with E-state index in [1.165, 1.54) is 6.07 Å². The van der Waals surface area contributed by atoms with Gasteiger partial charge in [-0.05, 0) is 18.2 Å². The molecule has 10 heteroatoms. The number of benzene rings is 2. The van der Waals surface area contributed by atoms with Gasteiger partial charge in [-0.3, -0.25) is 0 Å². The van der Waals surface area contributed by atoms with Crippen LogP contribution in [0.1, 0.15) is 23.7 Å². The van der Waals surface area contributed by atoms with Gasteiger partial charge < -0.3 is 20.3 Å². The van der Waals surface area contributed by atoms with Crippen LogP contribution < -0.4 is 10.1 Å². The largest absolute Gasteiger partial charge is 0.484 e. The van der Waals surface area contributed by atoms with E-state index >= 15 is 0 Å². The standard InChI is InChI=1S/C18H17ClF2N2O.C2H2O4/c19-15-11-18(14(12-22)10-16(15)21)24-17(6-8-23-9-7-20)13-4-2-1-3-5-13;3-1(4)2(5)6/h1-5,10-11,17,23H,6-9H2;(H,3,4)(H,5,6)/t17-;/m1./s1. The second-order valence-electron chi connectivity index (χ2n) is 5.73. The van der Waals surface area contributed by atoms with E-state index in [0.29, 0.717) is 13.0 Å². The first-order chi connectivity index (χ1) is 14.3. The third kappa shape index (κ3) is 8.43. The molecule has 2 rings (SSSR count). The van der Waals surface area contributed by atoms with E-state index in [-0.39, 0.29) is 29.0 Å². The summed E-state index contributed by atoms with van der Waals surface area (Å²) >= 11 is 5.80. The summed E-state index contributed by atoms with van der Waals surface area (Å²) in [6.07, 6.45) is 0.191. The summed E-state index contributed by atoms with van der Waals surface area (Å²) in [7, 11) is 0. The molecule has 0 aromatic heterocycles. The number of carboxylic acid groups (broad SMARTS) is 2. The van der Waals surface area contributed by atoms with Crippen molar-refractivity contribution in [3.63, 3.8) is 0 Å². The van der Waals surface area contributed by atoms with Gasteiger partial charge in [-0.1, -0.05) is 41.9 Å². The van der Waals surface area contributed by atoms with E-state index in [2.05, 4.69) is 5.32 Å². The number of nitrogens with one attached hydrogen (secondary N) is 1. The molecule has 0 spiro atoms. The number of aliphatic carboxylic acids is 2. The van der Waals surface area contributed by atoms with Crippen LogP contribution in [0.25, 0.3) is 0 Å². The molecule has 0 amide bonds. The Morgan fingerprint density at radius 1 is 1.17 bits per heavy atom. The highest BCUT2D eigenvalue weighted by molar-refractivity contribution is 6.30. The Morgan fingerprint density at radius 2 is 1.80 bits per heavy atom. The third-order valence-electron chi connectivity index (χ3n) is 3.62. The maximum Gasteiger partial charge on any atom is 0.414 e. The molecule has 3 N–H and O–H groups in total. The molecule has 0 radical (unpaired) electrons. The summed E-state index contributed by atoms with van der Waals surface area (Å²) in [6, 6.07) is 13.7. The lowest BCUT2D eigenvalue weighted by Gasteiger charge is -2.21. The predicted octanol–water partition coefficient (Wildman–Crippen LogP) is 3.58. The molecule has 0 bridgehead atoms. The molecule has 160 valence electrons. The molecule has 0 aliphatic rings. The summed E-state index contributed by atoms with van der Waals surface area (Å²) in [4.78, 5) is 18.2. The topological polar surface area (TPSA) is 120 Å². The van der Waals surface area contributed by atoms with Crippen molar-refractivity contribution in [2.45, 2.75) is 12.5 Å². The number of alkyl halides is 1. The molecule has 30 heavy (non-hydrogen) atoms. The Balaban J connectivity index is 0.000000656.